The lowest BCUT2D eigenvalue weighted by atomic mass is 10.3. The number of thiocarbonyl (C=S) groups is 1. The number of nitrogens with zero attached hydrogens (tertiary/aromatic N) is 1. The van der Waals surface area contributed by atoms with Gasteiger partial charge in [0.25, 0.3) is 0 Å². The van der Waals surface area contributed by atoms with Gasteiger partial charge in [-0.05, 0) is 44.0 Å². The van der Waals surface area contributed by atoms with Crippen LogP contribution in [0.5, 0.6) is 5.75 Å². The Morgan fingerprint density at radius 1 is 1.29 bits per heavy atom. The largest absolute Gasteiger partial charge is 0.491 e. The second kappa shape index (κ2) is 9.07. The van der Waals surface area contributed by atoms with E-state index in [1.165, 1.54) is 0 Å². The molecule has 0 spiro atoms. The second-order valence-electron chi connectivity index (χ2n) is 4.33. The third-order valence-electron chi connectivity index (χ3n) is 2.64. The summed E-state index contributed by atoms with van der Waals surface area (Å²) < 4.78 is 8.22. The molecule has 0 fully saturated rings. The van der Waals surface area contributed by atoms with Gasteiger partial charge >= 0.3 is 0 Å². The lowest BCUT2D eigenvalue weighted by Gasteiger charge is -2.17. The van der Waals surface area contributed by atoms with Crippen LogP contribution in [0.3, 0.4) is 0 Å². The summed E-state index contributed by atoms with van der Waals surface area (Å²) in [6, 6.07) is 3.77. The van der Waals surface area contributed by atoms with Crippen LogP contribution in [0, 0.1) is 0 Å². The number of benzene rings is 1. The SMILES string of the molecule is CN(CCC(N)=S)C(=O)CCOc1c(Br)cc(Br)cc1Br. The molecule has 0 aliphatic rings. The molecule has 0 aliphatic carbocycles. The number of nitrogens with two attached hydrogens (primary N) is 1. The van der Waals surface area contributed by atoms with Crippen LogP contribution in [0.1, 0.15) is 12.8 Å². The van der Waals surface area contributed by atoms with Gasteiger partial charge in [-0.2, -0.15) is 0 Å². The van der Waals surface area contributed by atoms with Crippen molar-refractivity contribution in [2.24, 2.45) is 5.73 Å². The molecule has 0 saturated heterocycles. The number of ether oxygens (including phenoxy) is 1. The lowest BCUT2D eigenvalue weighted by molar-refractivity contribution is -0.130. The first-order valence-electron chi connectivity index (χ1n) is 6.11. The molecule has 1 aromatic rings. The molecule has 0 unspecified atom stereocenters. The summed E-state index contributed by atoms with van der Waals surface area (Å²) in [6.45, 7) is 0.828. The van der Waals surface area contributed by atoms with E-state index in [4.69, 9.17) is 22.7 Å². The van der Waals surface area contributed by atoms with E-state index in [0.717, 1.165) is 13.4 Å². The summed E-state index contributed by atoms with van der Waals surface area (Å²) in [5.41, 5.74) is 5.42. The molecule has 0 radical (unpaired) electrons. The Hall–Kier alpha value is -0.180. The zero-order valence-corrected chi connectivity index (χ0v) is 16.9. The van der Waals surface area contributed by atoms with E-state index in [1.807, 2.05) is 12.1 Å². The number of amides is 1. The van der Waals surface area contributed by atoms with E-state index < -0.39 is 0 Å². The zero-order valence-electron chi connectivity index (χ0n) is 11.4. The number of hydrogen-bond donors (Lipinski definition) is 1. The van der Waals surface area contributed by atoms with Crippen molar-refractivity contribution >= 4 is 70.9 Å². The van der Waals surface area contributed by atoms with E-state index in [1.54, 1.807) is 11.9 Å². The van der Waals surface area contributed by atoms with Gasteiger partial charge in [0.1, 0.15) is 5.75 Å². The van der Waals surface area contributed by atoms with Crippen LogP contribution in [0.2, 0.25) is 0 Å². The van der Waals surface area contributed by atoms with Crippen molar-refractivity contribution in [1.29, 1.82) is 0 Å². The fourth-order valence-corrected chi connectivity index (χ4v) is 4.08. The van der Waals surface area contributed by atoms with Crippen molar-refractivity contribution in [3.05, 3.63) is 25.6 Å². The molecule has 4 nitrogen and oxygen atoms in total. The van der Waals surface area contributed by atoms with Gasteiger partial charge in [-0.15, -0.1) is 0 Å². The van der Waals surface area contributed by atoms with Crippen LogP contribution in [0.4, 0.5) is 0 Å². The molecule has 1 amide bonds. The first kappa shape index (κ1) is 18.9. The maximum Gasteiger partial charge on any atom is 0.225 e. The average Bonchev–Trinajstić information content (AvgIpc) is 2.38. The average molecular weight is 503 g/mol. The van der Waals surface area contributed by atoms with E-state index in [0.29, 0.717) is 36.7 Å². The Balaban J connectivity index is 2.46. The molecule has 1 rings (SSSR count). The standard InChI is InChI=1S/C13H15Br3N2O2S/c1-18(4-2-11(17)21)12(19)3-5-20-13-9(15)6-8(14)7-10(13)16/h6-7H,2-5H2,1H3,(H2,17,21). The molecule has 0 aliphatic heterocycles. The predicted molar refractivity (Wildman–Crippen MR) is 98.7 cm³/mol. The third kappa shape index (κ3) is 6.63. The van der Waals surface area contributed by atoms with Crippen LogP contribution in [-0.2, 0) is 4.79 Å². The van der Waals surface area contributed by atoms with Gasteiger partial charge in [0.05, 0.1) is 27.0 Å². The van der Waals surface area contributed by atoms with Crippen LogP contribution in [-0.4, -0.2) is 36.0 Å². The fourth-order valence-electron chi connectivity index (χ4n) is 1.50. The number of carbonyl (C=O) groups is 1. The van der Waals surface area contributed by atoms with E-state index in [9.17, 15) is 4.79 Å². The highest BCUT2D eigenvalue weighted by Crippen LogP contribution is 2.36. The van der Waals surface area contributed by atoms with Crippen molar-refractivity contribution in [2.75, 3.05) is 20.2 Å². The number of hydrogen-bond acceptors (Lipinski definition) is 3. The van der Waals surface area contributed by atoms with Crippen molar-refractivity contribution < 1.29 is 9.53 Å². The summed E-state index contributed by atoms with van der Waals surface area (Å²) in [5, 5.41) is 0. The Kier molecular flexibility index (Phi) is 8.15. The summed E-state index contributed by atoms with van der Waals surface area (Å²) in [6.07, 6.45) is 0.824. The zero-order chi connectivity index (χ0) is 16.0. The minimum atomic E-state index is -0.00407. The molecule has 0 heterocycles. The Labute approximate surface area is 154 Å². The first-order chi connectivity index (χ1) is 9.81. The minimum Gasteiger partial charge on any atom is -0.491 e. The highest BCUT2D eigenvalue weighted by molar-refractivity contribution is 9.11. The van der Waals surface area contributed by atoms with Gasteiger partial charge in [-0.25, -0.2) is 0 Å². The van der Waals surface area contributed by atoms with Crippen molar-refractivity contribution in [1.82, 2.24) is 4.90 Å². The van der Waals surface area contributed by atoms with E-state index >= 15 is 0 Å². The van der Waals surface area contributed by atoms with Crippen LogP contribution < -0.4 is 10.5 Å². The van der Waals surface area contributed by atoms with Crippen molar-refractivity contribution in [3.63, 3.8) is 0 Å². The smallest absolute Gasteiger partial charge is 0.225 e. The Morgan fingerprint density at radius 3 is 2.38 bits per heavy atom. The highest BCUT2D eigenvalue weighted by Gasteiger charge is 2.12. The molecular formula is C13H15Br3N2O2S. The number of carbonyl (C=O) groups excluding carboxylic acids is 1. The highest BCUT2D eigenvalue weighted by atomic mass is 79.9. The number of rotatable bonds is 7. The summed E-state index contributed by atoms with van der Waals surface area (Å²) in [4.78, 5) is 13.9. The quantitative estimate of drug-likeness (QED) is 0.575. The lowest BCUT2D eigenvalue weighted by Crippen LogP contribution is -2.30. The first-order valence-corrected chi connectivity index (χ1v) is 8.89. The number of halogens is 3. The molecule has 2 N–H and O–H groups in total. The summed E-state index contributed by atoms with van der Waals surface area (Å²) in [7, 11) is 1.73. The maximum atomic E-state index is 11.9. The van der Waals surface area contributed by atoms with E-state index in [-0.39, 0.29) is 5.91 Å². The summed E-state index contributed by atoms with van der Waals surface area (Å²) in [5.74, 6) is 0.674. The molecule has 0 aromatic heterocycles. The van der Waals surface area contributed by atoms with Gasteiger partial charge < -0.3 is 15.4 Å². The van der Waals surface area contributed by atoms with Gasteiger partial charge in [-0.1, -0.05) is 28.1 Å². The van der Waals surface area contributed by atoms with Crippen LogP contribution in [0.15, 0.2) is 25.6 Å². The Bertz CT molecular complexity index is 517. The van der Waals surface area contributed by atoms with Crippen LogP contribution in [0.25, 0.3) is 0 Å². The molecular weight excluding hydrogens is 488 g/mol. The molecule has 0 bridgehead atoms. The maximum absolute atomic E-state index is 11.9. The molecule has 116 valence electrons. The van der Waals surface area contributed by atoms with Gasteiger partial charge in [0.15, 0.2) is 0 Å². The molecule has 0 atom stereocenters. The monoisotopic (exact) mass is 500 g/mol. The van der Waals surface area contributed by atoms with Gasteiger partial charge in [0.2, 0.25) is 5.91 Å². The molecule has 0 saturated carbocycles. The third-order valence-corrected chi connectivity index (χ3v) is 4.48. The molecule has 1 aromatic carbocycles. The second-order valence-corrected chi connectivity index (χ2v) is 7.48. The van der Waals surface area contributed by atoms with Gasteiger partial charge in [-0.3, -0.25) is 4.79 Å². The topological polar surface area (TPSA) is 55.6 Å². The minimum absolute atomic E-state index is 0.00407. The normalized spacial score (nSPS) is 10.3. The van der Waals surface area contributed by atoms with Gasteiger partial charge in [0, 0.05) is 24.5 Å². The Morgan fingerprint density at radius 2 is 1.86 bits per heavy atom. The molecule has 8 heteroatoms. The predicted octanol–water partition coefficient (Wildman–Crippen LogP) is 3.88. The van der Waals surface area contributed by atoms with Crippen molar-refractivity contribution in [2.45, 2.75) is 12.8 Å². The molecule has 21 heavy (non-hydrogen) atoms. The summed E-state index contributed by atoms with van der Waals surface area (Å²) >= 11 is 15.0. The van der Waals surface area contributed by atoms with E-state index in [2.05, 4.69) is 47.8 Å². The fraction of sp³-hybridized carbons (Fsp3) is 0.385. The van der Waals surface area contributed by atoms with Crippen molar-refractivity contribution in [3.8, 4) is 5.75 Å². The van der Waals surface area contributed by atoms with Crippen LogP contribution >= 0.6 is 60.0 Å².